The zero-order valence-corrected chi connectivity index (χ0v) is 21.1. The number of carbonyl (C=O) groups is 3. The quantitative estimate of drug-likeness (QED) is 0.431. The lowest BCUT2D eigenvalue weighted by Crippen LogP contribution is -2.31. The van der Waals surface area contributed by atoms with E-state index in [2.05, 4.69) is 26.1 Å². The molecule has 0 aromatic heterocycles. The molecule has 7 heteroatoms. The van der Waals surface area contributed by atoms with Crippen molar-refractivity contribution in [3.63, 3.8) is 0 Å². The molecule has 1 aliphatic carbocycles. The van der Waals surface area contributed by atoms with Crippen LogP contribution in [0.5, 0.6) is 0 Å². The molecule has 0 radical (unpaired) electrons. The Morgan fingerprint density at radius 2 is 1.73 bits per heavy atom. The molecule has 0 heterocycles. The maximum atomic E-state index is 12.5. The Morgan fingerprint density at radius 1 is 1.06 bits per heavy atom. The summed E-state index contributed by atoms with van der Waals surface area (Å²) in [6.45, 7) is 8.78. The Kier molecular flexibility index (Phi) is 10.7. The number of ether oxygens (including phenoxy) is 2. The van der Waals surface area contributed by atoms with Crippen LogP contribution in [0.4, 0.5) is 0 Å². The van der Waals surface area contributed by atoms with E-state index in [9.17, 15) is 14.4 Å². The van der Waals surface area contributed by atoms with Crippen LogP contribution in [0.25, 0.3) is 0 Å². The first-order valence-corrected chi connectivity index (χ1v) is 12.4. The maximum Gasteiger partial charge on any atom is 0.308 e. The molecule has 1 fully saturated rings. The molecule has 0 spiro atoms. The van der Waals surface area contributed by atoms with Gasteiger partial charge in [-0.2, -0.15) is 0 Å². The first kappa shape index (κ1) is 27.2. The molecule has 1 aromatic carbocycles. The van der Waals surface area contributed by atoms with Gasteiger partial charge >= 0.3 is 11.9 Å². The van der Waals surface area contributed by atoms with Gasteiger partial charge in [-0.15, -0.1) is 0 Å². The molecular formula is C26H38ClNO5. The Balaban J connectivity index is 1.78. The number of esters is 2. The number of hydrogen-bond acceptors (Lipinski definition) is 5. The average molecular weight is 480 g/mol. The fourth-order valence-electron chi connectivity index (χ4n) is 4.33. The van der Waals surface area contributed by atoms with Crippen molar-refractivity contribution in [3.8, 4) is 0 Å². The van der Waals surface area contributed by atoms with Crippen LogP contribution in [-0.2, 0) is 23.9 Å². The lowest BCUT2D eigenvalue weighted by Gasteiger charge is -2.36. The second-order valence-electron chi connectivity index (χ2n) is 9.83. The van der Waals surface area contributed by atoms with E-state index in [1.54, 1.807) is 31.2 Å². The van der Waals surface area contributed by atoms with Gasteiger partial charge in [-0.3, -0.25) is 14.4 Å². The number of halogens is 1. The van der Waals surface area contributed by atoms with Gasteiger partial charge in [0.2, 0.25) is 5.91 Å². The molecule has 1 amide bonds. The number of hydrogen-bond donors (Lipinski definition) is 1. The monoisotopic (exact) mass is 479 g/mol. The molecule has 33 heavy (non-hydrogen) atoms. The Morgan fingerprint density at radius 3 is 2.33 bits per heavy atom. The Bertz CT molecular complexity index is 796. The molecule has 1 aliphatic rings. The first-order valence-electron chi connectivity index (χ1n) is 12.0. The van der Waals surface area contributed by atoms with Gasteiger partial charge in [-0.25, -0.2) is 0 Å². The molecule has 2 rings (SSSR count). The number of benzene rings is 1. The van der Waals surface area contributed by atoms with E-state index in [0.717, 1.165) is 25.7 Å². The summed E-state index contributed by atoms with van der Waals surface area (Å²) < 4.78 is 10.7. The van der Waals surface area contributed by atoms with Gasteiger partial charge in [0.05, 0.1) is 19.1 Å². The van der Waals surface area contributed by atoms with E-state index in [-0.39, 0.29) is 49.3 Å². The van der Waals surface area contributed by atoms with Crippen LogP contribution in [0, 0.1) is 11.3 Å². The van der Waals surface area contributed by atoms with Crippen molar-refractivity contribution < 1.29 is 23.9 Å². The molecule has 0 saturated heterocycles. The van der Waals surface area contributed by atoms with Crippen molar-refractivity contribution in [3.05, 3.63) is 34.9 Å². The number of rotatable bonds is 10. The third-order valence-electron chi connectivity index (χ3n) is 6.27. The van der Waals surface area contributed by atoms with Crippen molar-refractivity contribution in [1.82, 2.24) is 5.32 Å². The van der Waals surface area contributed by atoms with Crippen LogP contribution >= 0.6 is 11.6 Å². The van der Waals surface area contributed by atoms with E-state index in [0.29, 0.717) is 22.9 Å². The highest BCUT2D eigenvalue weighted by molar-refractivity contribution is 6.31. The molecule has 0 bridgehead atoms. The maximum absolute atomic E-state index is 12.5. The predicted octanol–water partition coefficient (Wildman–Crippen LogP) is 5.77. The van der Waals surface area contributed by atoms with Crippen LogP contribution in [-0.4, -0.2) is 30.6 Å². The third-order valence-corrected chi connectivity index (χ3v) is 6.62. The predicted molar refractivity (Wildman–Crippen MR) is 129 cm³/mol. The van der Waals surface area contributed by atoms with E-state index < -0.39 is 12.0 Å². The standard InChI is InChI=1S/C26H38ClNO5/c1-5-32-25(31)17-22(20-9-6-7-10-21(20)27)28-23(29)11-8-12-24(30)33-19-15-13-18(14-16-19)26(2,3)4/h6-7,9-10,18-19,22H,5,8,11-17H2,1-4H3,(H,28,29)/t18?,19?,22-/m1/s1. The van der Waals surface area contributed by atoms with Gasteiger partial charge in [0.25, 0.3) is 0 Å². The van der Waals surface area contributed by atoms with Crippen molar-refractivity contribution in [2.75, 3.05) is 6.61 Å². The van der Waals surface area contributed by atoms with Crippen LogP contribution in [0.2, 0.25) is 5.02 Å². The molecule has 184 valence electrons. The summed E-state index contributed by atoms with van der Waals surface area (Å²) in [6, 6.07) is 6.49. The first-order chi connectivity index (χ1) is 15.6. The number of amides is 1. The Labute approximate surface area is 202 Å². The summed E-state index contributed by atoms with van der Waals surface area (Å²) in [7, 11) is 0. The molecule has 1 N–H and O–H groups in total. The Hall–Kier alpha value is -2.08. The van der Waals surface area contributed by atoms with Crippen LogP contribution in [0.1, 0.15) is 90.7 Å². The van der Waals surface area contributed by atoms with Gasteiger partial charge in [0, 0.05) is 17.9 Å². The van der Waals surface area contributed by atoms with Crippen molar-refractivity contribution >= 4 is 29.4 Å². The molecular weight excluding hydrogens is 442 g/mol. The van der Waals surface area contributed by atoms with Gasteiger partial charge in [-0.1, -0.05) is 50.6 Å². The number of carbonyl (C=O) groups excluding carboxylic acids is 3. The van der Waals surface area contributed by atoms with E-state index in [1.165, 1.54) is 0 Å². The fraction of sp³-hybridized carbons (Fsp3) is 0.654. The summed E-state index contributed by atoms with van der Waals surface area (Å²) >= 11 is 6.27. The third kappa shape index (κ3) is 9.36. The molecule has 1 atom stereocenters. The summed E-state index contributed by atoms with van der Waals surface area (Å²) in [6.07, 6.45) is 4.68. The lowest BCUT2D eigenvalue weighted by atomic mass is 9.72. The normalized spacial score (nSPS) is 19.4. The second-order valence-corrected chi connectivity index (χ2v) is 10.2. The van der Waals surface area contributed by atoms with Gasteiger partial charge in [0.1, 0.15) is 6.10 Å². The lowest BCUT2D eigenvalue weighted by molar-refractivity contribution is -0.151. The highest BCUT2D eigenvalue weighted by Crippen LogP contribution is 2.38. The summed E-state index contributed by atoms with van der Waals surface area (Å²) in [5.74, 6) is -0.247. The minimum atomic E-state index is -0.588. The van der Waals surface area contributed by atoms with Gasteiger partial charge in [0.15, 0.2) is 0 Å². The molecule has 0 unspecified atom stereocenters. The molecule has 1 aromatic rings. The van der Waals surface area contributed by atoms with Crippen LogP contribution in [0.15, 0.2) is 24.3 Å². The minimum Gasteiger partial charge on any atom is -0.466 e. The fourth-order valence-corrected chi connectivity index (χ4v) is 4.60. The average Bonchev–Trinajstić information content (AvgIpc) is 2.73. The van der Waals surface area contributed by atoms with Crippen LogP contribution in [0.3, 0.4) is 0 Å². The largest absolute Gasteiger partial charge is 0.466 e. The topological polar surface area (TPSA) is 81.7 Å². The van der Waals surface area contributed by atoms with Crippen molar-refractivity contribution in [2.45, 2.75) is 91.2 Å². The highest BCUT2D eigenvalue weighted by atomic mass is 35.5. The molecule has 1 saturated carbocycles. The number of nitrogens with one attached hydrogen (secondary N) is 1. The van der Waals surface area contributed by atoms with Gasteiger partial charge < -0.3 is 14.8 Å². The molecule has 0 aliphatic heterocycles. The minimum absolute atomic E-state index is 0.0113. The van der Waals surface area contributed by atoms with E-state index in [1.807, 2.05) is 0 Å². The van der Waals surface area contributed by atoms with Crippen molar-refractivity contribution in [1.29, 1.82) is 0 Å². The second kappa shape index (κ2) is 13.0. The van der Waals surface area contributed by atoms with Crippen molar-refractivity contribution in [2.24, 2.45) is 11.3 Å². The zero-order valence-electron chi connectivity index (χ0n) is 20.3. The van der Waals surface area contributed by atoms with Gasteiger partial charge in [-0.05, 0) is 62.0 Å². The summed E-state index contributed by atoms with van der Waals surface area (Å²) in [4.78, 5) is 36.8. The molecule has 6 nitrogen and oxygen atoms in total. The highest BCUT2D eigenvalue weighted by Gasteiger charge is 2.31. The van der Waals surface area contributed by atoms with E-state index >= 15 is 0 Å². The smallest absolute Gasteiger partial charge is 0.308 e. The summed E-state index contributed by atoms with van der Waals surface area (Å²) in [5.41, 5.74) is 0.947. The van der Waals surface area contributed by atoms with E-state index in [4.69, 9.17) is 21.1 Å². The van der Waals surface area contributed by atoms with Crippen LogP contribution < -0.4 is 5.32 Å². The summed E-state index contributed by atoms with van der Waals surface area (Å²) in [5, 5.41) is 3.33. The zero-order chi connectivity index (χ0) is 24.4. The SMILES string of the molecule is CCOC(=O)C[C@@H](NC(=O)CCCC(=O)OC1CCC(C(C)(C)C)CC1)c1ccccc1Cl.